The number of carbonyl (C=O) groups excluding carboxylic acids is 2. The number of carboxylic acid groups (broad SMARTS) is 1. The number of likely N-dealkylation sites (tertiary alicyclic amines) is 1. The van der Waals surface area contributed by atoms with Gasteiger partial charge in [-0.1, -0.05) is 6.92 Å². The van der Waals surface area contributed by atoms with Crippen LogP contribution in [0, 0.1) is 11.8 Å². The fourth-order valence-corrected chi connectivity index (χ4v) is 6.62. The van der Waals surface area contributed by atoms with E-state index in [4.69, 9.17) is 0 Å². The Kier molecular flexibility index (Phi) is 5.86. The first-order chi connectivity index (χ1) is 14.2. The van der Waals surface area contributed by atoms with Crippen LogP contribution >= 0.6 is 11.8 Å². The zero-order valence-corrected chi connectivity index (χ0v) is 18.0. The summed E-state index contributed by atoms with van der Waals surface area (Å²) in [6.45, 7) is 5.16. The average Bonchev–Trinajstić information content (AvgIpc) is 3.24. The van der Waals surface area contributed by atoms with Gasteiger partial charge in [-0.25, -0.2) is 4.79 Å². The van der Waals surface area contributed by atoms with Crippen LogP contribution in [0.2, 0.25) is 0 Å². The minimum Gasteiger partial charge on any atom is -0.477 e. The Morgan fingerprint density at radius 2 is 1.93 bits per heavy atom. The number of rotatable bonds is 5. The fourth-order valence-electron chi connectivity index (χ4n) is 5.15. The van der Waals surface area contributed by atoms with Crippen LogP contribution in [0.15, 0.2) is 10.6 Å². The largest absolute Gasteiger partial charge is 0.477 e. The van der Waals surface area contributed by atoms with E-state index in [1.54, 1.807) is 11.8 Å². The lowest BCUT2D eigenvalue weighted by Gasteiger charge is -2.46. The van der Waals surface area contributed by atoms with Crippen molar-refractivity contribution in [3.05, 3.63) is 10.6 Å². The van der Waals surface area contributed by atoms with Gasteiger partial charge in [-0.05, 0) is 26.2 Å². The van der Waals surface area contributed by atoms with Gasteiger partial charge < -0.3 is 30.4 Å². The summed E-state index contributed by atoms with van der Waals surface area (Å²) in [4.78, 5) is 40.9. The summed E-state index contributed by atoms with van der Waals surface area (Å²) in [5, 5.41) is 32.6. The summed E-state index contributed by atoms with van der Waals surface area (Å²) in [7, 11) is 0. The SMILES string of the molecule is C[C@@H](O)[C@H]1C(=O)N2C(C(=O)O)=C(S[C@@H]3CN[C@H](C(=O)N4CCC(O)CC4)C3)[C@H](C)[C@H]12. The molecule has 6 atom stereocenters. The topological polar surface area (TPSA) is 130 Å². The van der Waals surface area contributed by atoms with Gasteiger partial charge >= 0.3 is 5.97 Å². The normalized spacial score (nSPS) is 35.5. The van der Waals surface area contributed by atoms with E-state index in [1.807, 2.05) is 6.92 Å². The van der Waals surface area contributed by atoms with Crippen molar-refractivity contribution in [1.29, 1.82) is 0 Å². The molecular formula is C20H29N3O6S. The maximum Gasteiger partial charge on any atom is 0.353 e. The molecule has 0 unspecified atom stereocenters. The van der Waals surface area contributed by atoms with Crippen molar-refractivity contribution in [3.63, 3.8) is 0 Å². The third-order valence-corrected chi connectivity index (χ3v) is 8.28. The van der Waals surface area contributed by atoms with E-state index in [1.165, 1.54) is 16.7 Å². The molecule has 4 rings (SSSR count). The standard InChI is InChI=1S/C20H29N3O6S/c1-9-15-14(10(2)24)19(27)23(15)16(20(28)29)17(9)30-12-7-13(21-8-12)18(26)22-5-3-11(25)4-6-22/h9-15,21,24-25H,3-8H2,1-2H3,(H,28,29)/t9-,10-,12+,13+,14-,15-/m1/s1. The van der Waals surface area contributed by atoms with Gasteiger partial charge in [0, 0.05) is 35.7 Å². The molecular weight excluding hydrogens is 410 g/mol. The quantitative estimate of drug-likeness (QED) is 0.425. The minimum atomic E-state index is -1.13. The number of amides is 2. The smallest absolute Gasteiger partial charge is 0.353 e. The van der Waals surface area contributed by atoms with Gasteiger partial charge in [0.1, 0.15) is 5.70 Å². The second-order valence-corrected chi connectivity index (χ2v) is 10.1. The molecule has 4 aliphatic rings. The molecule has 0 aromatic heterocycles. The first-order valence-corrected chi connectivity index (χ1v) is 11.4. The van der Waals surface area contributed by atoms with Gasteiger partial charge in [-0.3, -0.25) is 9.59 Å². The number of hydrogen-bond acceptors (Lipinski definition) is 7. The highest BCUT2D eigenvalue weighted by molar-refractivity contribution is 8.03. The number of nitrogens with one attached hydrogen (secondary N) is 1. The highest BCUT2D eigenvalue weighted by atomic mass is 32.2. The van der Waals surface area contributed by atoms with E-state index in [0.717, 1.165) is 0 Å². The molecule has 4 aliphatic heterocycles. The number of aliphatic carboxylic acids is 1. The van der Waals surface area contributed by atoms with Crippen molar-refractivity contribution in [2.75, 3.05) is 19.6 Å². The average molecular weight is 440 g/mol. The molecule has 0 bridgehead atoms. The number of thioether (sulfide) groups is 1. The molecule has 4 N–H and O–H groups in total. The van der Waals surface area contributed by atoms with Gasteiger partial charge in [0.25, 0.3) is 0 Å². The van der Waals surface area contributed by atoms with Gasteiger partial charge in [0.05, 0.1) is 30.2 Å². The van der Waals surface area contributed by atoms with E-state index in [-0.39, 0.29) is 46.9 Å². The molecule has 3 fully saturated rings. The molecule has 3 saturated heterocycles. The summed E-state index contributed by atoms with van der Waals surface area (Å²) in [5.41, 5.74) is 0.0270. The maximum absolute atomic E-state index is 12.8. The highest BCUT2D eigenvalue weighted by Crippen LogP contribution is 2.51. The summed E-state index contributed by atoms with van der Waals surface area (Å²) in [6.07, 6.45) is 0.623. The number of β-lactam (4-membered cyclic amide) rings is 1. The van der Waals surface area contributed by atoms with Crippen LogP contribution in [-0.2, 0) is 14.4 Å². The third-order valence-electron chi connectivity index (χ3n) is 6.77. The first kappa shape index (κ1) is 21.6. The van der Waals surface area contributed by atoms with Crippen LogP contribution in [0.1, 0.15) is 33.1 Å². The molecule has 4 heterocycles. The maximum atomic E-state index is 12.8. The molecule has 30 heavy (non-hydrogen) atoms. The number of piperidine rings is 1. The Labute approximate surface area is 179 Å². The minimum absolute atomic E-state index is 0.0270. The Morgan fingerprint density at radius 3 is 2.53 bits per heavy atom. The molecule has 166 valence electrons. The predicted octanol–water partition coefficient (Wildman–Crippen LogP) is -0.413. The van der Waals surface area contributed by atoms with E-state index < -0.39 is 18.0 Å². The third kappa shape index (κ3) is 3.53. The molecule has 9 nitrogen and oxygen atoms in total. The van der Waals surface area contributed by atoms with E-state index in [9.17, 15) is 29.7 Å². The monoisotopic (exact) mass is 439 g/mol. The predicted molar refractivity (Wildman–Crippen MR) is 109 cm³/mol. The van der Waals surface area contributed by atoms with Crippen LogP contribution in [0.4, 0.5) is 0 Å². The lowest BCUT2D eigenvalue weighted by molar-refractivity contribution is -0.163. The Morgan fingerprint density at radius 1 is 1.27 bits per heavy atom. The first-order valence-electron chi connectivity index (χ1n) is 10.6. The van der Waals surface area contributed by atoms with Gasteiger partial charge in [-0.2, -0.15) is 0 Å². The number of aliphatic hydroxyl groups excluding tert-OH is 2. The van der Waals surface area contributed by atoms with Crippen LogP contribution in [0.3, 0.4) is 0 Å². The molecule has 0 spiro atoms. The van der Waals surface area contributed by atoms with Crippen LogP contribution in [0.5, 0.6) is 0 Å². The highest BCUT2D eigenvalue weighted by Gasteiger charge is 2.60. The lowest BCUT2D eigenvalue weighted by Crippen LogP contribution is -2.63. The molecule has 2 amide bonds. The molecule has 0 saturated carbocycles. The number of carboxylic acids is 1. The molecule has 10 heteroatoms. The number of fused-ring (bicyclic) bond motifs is 1. The van der Waals surface area contributed by atoms with Crippen LogP contribution in [0.25, 0.3) is 0 Å². The second-order valence-electron chi connectivity index (χ2n) is 8.76. The van der Waals surface area contributed by atoms with Gasteiger partial charge in [0.2, 0.25) is 11.8 Å². The second kappa shape index (κ2) is 8.14. The summed E-state index contributed by atoms with van der Waals surface area (Å²) in [6, 6.07) is -0.634. The Bertz CT molecular complexity index is 779. The molecule has 0 aromatic rings. The Hall–Kier alpha value is -1.62. The van der Waals surface area contributed by atoms with E-state index in [2.05, 4.69) is 5.32 Å². The van der Waals surface area contributed by atoms with Crippen molar-refractivity contribution in [2.45, 2.75) is 62.7 Å². The van der Waals surface area contributed by atoms with Crippen molar-refractivity contribution in [1.82, 2.24) is 15.1 Å². The number of aliphatic hydroxyl groups is 2. The van der Waals surface area contributed by atoms with Gasteiger partial charge in [-0.15, -0.1) is 11.8 Å². The fraction of sp³-hybridized carbons (Fsp3) is 0.750. The van der Waals surface area contributed by atoms with E-state index in [0.29, 0.717) is 43.8 Å². The number of hydrogen-bond donors (Lipinski definition) is 4. The molecule has 0 aliphatic carbocycles. The molecule has 0 radical (unpaired) electrons. The zero-order valence-electron chi connectivity index (χ0n) is 17.2. The number of carbonyl (C=O) groups is 3. The van der Waals surface area contributed by atoms with E-state index >= 15 is 0 Å². The van der Waals surface area contributed by atoms with Crippen molar-refractivity contribution in [2.24, 2.45) is 11.8 Å². The van der Waals surface area contributed by atoms with Gasteiger partial charge in [0.15, 0.2) is 0 Å². The summed E-state index contributed by atoms with van der Waals surface area (Å²) in [5.74, 6) is -2.17. The van der Waals surface area contributed by atoms with Crippen LogP contribution < -0.4 is 5.32 Å². The number of nitrogens with zero attached hydrogens (tertiary/aromatic N) is 2. The zero-order chi connectivity index (χ0) is 21.7. The molecule has 0 aromatic carbocycles. The Balaban J connectivity index is 1.43. The summed E-state index contributed by atoms with van der Waals surface area (Å²) >= 11 is 1.44. The van der Waals surface area contributed by atoms with Crippen molar-refractivity contribution < 1.29 is 29.7 Å². The van der Waals surface area contributed by atoms with Crippen LogP contribution in [-0.4, -0.2) is 92.1 Å². The lowest BCUT2D eigenvalue weighted by atomic mass is 9.79. The van der Waals surface area contributed by atoms with Crippen molar-refractivity contribution in [3.8, 4) is 0 Å². The summed E-state index contributed by atoms with van der Waals surface area (Å²) < 4.78 is 0. The van der Waals surface area contributed by atoms with Crippen molar-refractivity contribution >= 4 is 29.5 Å².